The molecule has 0 saturated carbocycles. The summed E-state index contributed by atoms with van der Waals surface area (Å²) in [5.74, 6) is 0.609. The molecule has 4 aromatic rings. The second-order valence-electron chi connectivity index (χ2n) is 5.32. The van der Waals surface area contributed by atoms with Crippen LogP contribution < -0.4 is 4.74 Å². The van der Waals surface area contributed by atoms with E-state index in [-0.39, 0.29) is 5.82 Å². The predicted molar refractivity (Wildman–Crippen MR) is 91.4 cm³/mol. The zero-order valence-electron chi connectivity index (χ0n) is 12.7. The van der Waals surface area contributed by atoms with Crippen molar-refractivity contribution in [1.29, 1.82) is 0 Å². The van der Waals surface area contributed by atoms with Gasteiger partial charge < -0.3 is 4.74 Å². The first-order valence-electron chi connectivity index (χ1n) is 7.55. The van der Waals surface area contributed by atoms with Crippen LogP contribution in [0.3, 0.4) is 0 Å². The first-order chi connectivity index (χ1) is 11.8. The Morgan fingerprint density at radius 3 is 2.08 bits per heavy atom. The van der Waals surface area contributed by atoms with Crippen LogP contribution in [0.4, 0.5) is 4.39 Å². The van der Waals surface area contributed by atoms with Gasteiger partial charge >= 0.3 is 0 Å². The van der Waals surface area contributed by atoms with E-state index in [4.69, 9.17) is 4.74 Å². The summed E-state index contributed by atoms with van der Waals surface area (Å²) in [6.07, 6.45) is 0. The summed E-state index contributed by atoms with van der Waals surface area (Å²) < 4.78 is 18.8. The zero-order chi connectivity index (χ0) is 16.4. The lowest BCUT2D eigenvalue weighted by Crippen LogP contribution is -1.95. The number of ether oxygens (including phenoxy) is 1. The Balaban J connectivity index is 1.82. The number of nitrogens with zero attached hydrogens (tertiary/aromatic N) is 2. The fraction of sp³-hybridized carbons (Fsp3) is 0. The molecule has 4 rings (SSSR count). The molecule has 0 radical (unpaired) electrons. The number of halogens is 1. The molecule has 1 aromatic heterocycles. The summed E-state index contributed by atoms with van der Waals surface area (Å²) in [4.78, 5) is 0. The van der Waals surface area contributed by atoms with Crippen molar-refractivity contribution in [3.63, 3.8) is 0 Å². The van der Waals surface area contributed by atoms with Crippen molar-refractivity contribution in [3.8, 4) is 22.9 Å². The first kappa shape index (κ1) is 14.3. The van der Waals surface area contributed by atoms with E-state index in [1.165, 1.54) is 12.1 Å². The number of hydrogen-bond donors (Lipinski definition) is 0. The Bertz CT molecular complexity index is 985. The first-order valence-corrected chi connectivity index (χ1v) is 7.55. The van der Waals surface area contributed by atoms with E-state index in [1.54, 1.807) is 12.1 Å². The van der Waals surface area contributed by atoms with E-state index in [9.17, 15) is 4.39 Å². The van der Waals surface area contributed by atoms with E-state index >= 15 is 0 Å². The minimum atomic E-state index is -0.308. The van der Waals surface area contributed by atoms with Gasteiger partial charge in [0, 0.05) is 16.3 Å². The average Bonchev–Trinajstić information content (AvgIpc) is 2.64. The third-order valence-corrected chi connectivity index (χ3v) is 3.73. The molecular formula is C20H13FN2O. The van der Waals surface area contributed by atoms with E-state index in [0.717, 1.165) is 22.0 Å². The highest BCUT2D eigenvalue weighted by atomic mass is 19.1. The van der Waals surface area contributed by atoms with E-state index < -0.39 is 0 Å². The fourth-order valence-electron chi connectivity index (χ4n) is 2.58. The largest absolute Gasteiger partial charge is 0.437 e. The Morgan fingerprint density at radius 2 is 1.33 bits per heavy atom. The smallest absolute Gasteiger partial charge is 0.246 e. The summed E-state index contributed by atoms with van der Waals surface area (Å²) in [5, 5.41) is 10.4. The quantitative estimate of drug-likeness (QED) is 0.519. The molecule has 0 saturated heterocycles. The van der Waals surface area contributed by atoms with Crippen molar-refractivity contribution in [2.75, 3.05) is 0 Å². The maximum Gasteiger partial charge on any atom is 0.246 e. The van der Waals surface area contributed by atoms with Gasteiger partial charge in [-0.25, -0.2) is 4.39 Å². The molecule has 0 amide bonds. The van der Waals surface area contributed by atoms with Crippen molar-refractivity contribution in [3.05, 3.63) is 84.7 Å². The highest BCUT2D eigenvalue weighted by molar-refractivity contribution is 5.96. The number of rotatable bonds is 3. The fourth-order valence-corrected chi connectivity index (χ4v) is 2.58. The van der Waals surface area contributed by atoms with Crippen molar-refractivity contribution < 1.29 is 9.13 Å². The summed E-state index contributed by atoms with van der Waals surface area (Å²) >= 11 is 0. The highest BCUT2D eigenvalue weighted by Gasteiger charge is 2.12. The topological polar surface area (TPSA) is 35.0 Å². The van der Waals surface area contributed by atoms with Gasteiger partial charge in [-0.05, 0) is 30.3 Å². The van der Waals surface area contributed by atoms with Gasteiger partial charge in [0.25, 0.3) is 0 Å². The van der Waals surface area contributed by atoms with Gasteiger partial charge in [-0.1, -0.05) is 48.5 Å². The van der Waals surface area contributed by atoms with Gasteiger partial charge in [0.15, 0.2) is 0 Å². The van der Waals surface area contributed by atoms with Crippen molar-refractivity contribution in [2.24, 2.45) is 0 Å². The molecule has 0 spiro atoms. The van der Waals surface area contributed by atoms with Crippen LogP contribution in [0.15, 0.2) is 78.9 Å². The van der Waals surface area contributed by atoms with Crippen LogP contribution >= 0.6 is 0 Å². The second kappa shape index (κ2) is 6.08. The molecule has 0 aliphatic heterocycles. The standard InChI is InChI=1S/C20H13FN2O/c21-15-10-12-16(13-11-15)24-20-18-9-5-4-8-17(18)19(22-23-20)14-6-2-1-3-7-14/h1-13H. The Morgan fingerprint density at radius 1 is 0.667 bits per heavy atom. The monoisotopic (exact) mass is 316 g/mol. The molecule has 0 fully saturated rings. The van der Waals surface area contributed by atoms with Crippen LogP contribution in [0.1, 0.15) is 0 Å². The molecule has 1 heterocycles. The maximum absolute atomic E-state index is 13.0. The van der Waals surface area contributed by atoms with Gasteiger partial charge in [-0.3, -0.25) is 0 Å². The Hall–Kier alpha value is -3.27. The van der Waals surface area contributed by atoms with E-state index in [2.05, 4.69) is 10.2 Å². The maximum atomic E-state index is 13.0. The van der Waals surface area contributed by atoms with E-state index in [0.29, 0.717) is 11.6 Å². The minimum absolute atomic E-state index is 0.308. The number of benzene rings is 3. The molecule has 0 atom stereocenters. The van der Waals surface area contributed by atoms with Gasteiger partial charge in [0.05, 0.1) is 0 Å². The predicted octanol–water partition coefficient (Wildman–Crippen LogP) is 5.23. The van der Waals surface area contributed by atoms with E-state index in [1.807, 2.05) is 54.6 Å². The van der Waals surface area contributed by atoms with Crippen LogP contribution in [-0.4, -0.2) is 10.2 Å². The number of hydrogen-bond acceptors (Lipinski definition) is 3. The van der Waals surface area contributed by atoms with Gasteiger partial charge in [-0.15, -0.1) is 10.2 Å². The van der Waals surface area contributed by atoms with Crippen molar-refractivity contribution in [2.45, 2.75) is 0 Å². The van der Waals surface area contributed by atoms with Crippen LogP contribution in [0.2, 0.25) is 0 Å². The molecule has 4 heteroatoms. The SMILES string of the molecule is Fc1ccc(Oc2nnc(-c3ccccc3)c3ccccc23)cc1. The molecule has 3 nitrogen and oxygen atoms in total. The Kier molecular flexibility index (Phi) is 3.63. The van der Waals surface area contributed by atoms with Crippen LogP contribution in [0.5, 0.6) is 11.6 Å². The zero-order valence-corrected chi connectivity index (χ0v) is 12.7. The van der Waals surface area contributed by atoms with Crippen LogP contribution in [0, 0.1) is 5.82 Å². The minimum Gasteiger partial charge on any atom is -0.437 e. The van der Waals surface area contributed by atoms with Crippen LogP contribution in [0.25, 0.3) is 22.0 Å². The summed E-state index contributed by atoms with van der Waals surface area (Å²) in [7, 11) is 0. The molecule has 24 heavy (non-hydrogen) atoms. The van der Waals surface area contributed by atoms with Crippen molar-refractivity contribution >= 4 is 10.8 Å². The number of aromatic nitrogens is 2. The lowest BCUT2D eigenvalue weighted by molar-refractivity contribution is 0.460. The molecular weight excluding hydrogens is 303 g/mol. The summed E-state index contributed by atoms with van der Waals surface area (Å²) in [5.41, 5.74) is 1.80. The molecule has 0 aliphatic carbocycles. The van der Waals surface area contributed by atoms with Gasteiger partial charge in [0.1, 0.15) is 17.3 Å². The van der Waals surface area contributed by atoms with Crippen molar-refractivity contribution in [1.82, 2.24) is 10.2 Å². The van der Waals surface area contributed by atoms with Gasteiger partial charge in [0.2, 0.25) is 5.88 Å². The lowest BCUT2D eigenvalue weighted by atomic mass is 10.1. The summed E-state index contributed by atoms with van der Waals surface area (Å²) in [6.45, 7) is 0. The molecule has 116 valence electrons. The third-order valence-electron chi connectivity index (χ3n) is 3.73. The van der Waals surface area contributed by atoms with Gasteiger partial charge in [-0.2, -0.15) is 0 Å². The third kappa shape index (κ3) is 2.70. The highest BCUT2D eigenvalue weighted by Crippen LogP contribution is 2.32. The summed E-state index contributed by atoms with van der Waals surface area (Å²) in [6, 6.07) is 23.5. The molecule has 3 aromatic carbocycles. The molecule has 0 N–H and O–H groups in total. The lowest BCUT2D eigenvalue weighted by Gasteiger charge is -2.10. The normalized spacial score (nSPS) is 10.7. The molecule has 0 unspecified atom stereocenters. The van der Waals surface area contributed by atoms with Crippen LogP contribution in [-0.2, 0) is 0 Å². The average molecular weight is 316 g/mol. The number of fused-ring (bicyclic) bond motifs is 1. The second-order valence-corrected chi connectivity index (χ2v) is 5.32. The molecule has 0 bridgehead atoms. The Labute approximate surface area is 138 Å². The molecule has 0 aliphatic rings.